The van der Waals surface area contributed by atoms with Crippen molar-refractivity contribution in [3.63, 3.8) is 0 Å². The van der Waals surface area contributed by atoms with Gasteiger partial charge in [-0.25, -0.2) is 0 Å². The van der Waals surface area contributed by atoms with Crippen LogP contribution >= 0.6 is 0 Å². The van der Waals surface area contributed by atoms with Crippen molar-refractivity contribution < 1.29 is 15.0 Å². The van der Waals surface area contributed by atoms with Crippen LogP contribution in [0.3, 0.4) is 0 Å². The molecule has 0 heterocycles. The van der Waals surface area contributed by atoms with Gasteiger partial charge in [0, 0.05) is 0 Å². The number of rotatable bonds is 4. The van der Waals surface area contributed by atoms with Gasteiger partial charge in [-0.1, -0.05) is 42.5 Å². The molecule has 0 aromatic heterocycles. The molecule has 0 atom stereocenters. The van der Waals surface area contributed by atoms with Crippen molar-refractivity contribution in [3.8, 4) is 5.75 Å². The molecular weight excluding hydrogens is 228 g/mol. The molecule has 3 nitrogen and oxygen atoms in total. The molecule has 18 heavy (non-hydrogen) atoms. The highest BCUT2D eigenvalue weighted by Gasteiger charge is 2.01. The van der Waals surface area contributed by atoms with Gasteiger partial charge in [0.05, 0.1) is 5.97 Å². The number of carbonyl (C=O) groups excluding carboxylic acids is 1. The van der Waals surface area contributed by atoms with Crippen LogP contribution in [-0.4, -0.2) is 11.1 Å². The molecule has 1 N–H and O–H groups in total. The second-order valence-electron chi connectivity index (χ2n) is 4.11. The van der Waals surface area contributed by atoms with Crippen LogP contribution in [0.25, 0.3) is 0 Å². The van der Waals surface area contributed by atoms with Crippen molar-refractivity contribution in [2.45, 2.75) is 12.8 Å². The second kappa shape index (κ2) is 5.36. The number of carboxylic acid groups (broad SMARTS) is 1. The summed E-state index contributed by atoms with van der Waals surface area (Å²) in [7, 11) is 0. The van der Waals surface area contributed by atoms with Gasteiger partial charge in [-0.3, -0.25) is 0 Å². The molecule has 3 heteroatoms. The average Bonchev–Trinajstić information content (AvgIpc) is 2.38. The highest BCUT2D eigenvalue weighted by molar-refractivity contribution is 5.85. The van der Waals surface area contributed by atoms with Gasteiger partial charge in [0.15, 0.2) is 0 Å². The SMILES string of the molecule is O=C([O-])c1ccc(CCc2ccccc2O)cc1. The molecule has 0 aliphatic carbocycles. The van der Waals surface area contributed by atoms with Crippen molar-refractivity contribution in [2.24, 2.45) is 0 Å². The number of phenols is 1. The van der Waals surface area contributed by atoms with Crippen LogP contribution < -0.4 is 5.11 Å². The monoisotopic (exact) mass is 241 g/mol. The first-order valence-electron chi connectivity index (χ1n) is 5.74. The number of para-hydroxylation sites is 1. The molecule has 2 aromatic rings. The summed E-state index contributed by atoms with van der Waals surface area (Å²) in [5.74, 6) is -0.869. The van der Waals surface area contributed by atoms with E-state index >= 15 is 0 Å². The Kier molecular flexibility index (Phi) is 3.63. The Bertz CT molecular complexity index is 544. The predicted octanol–water partition coefficient (Wildman–Crippen LogP) is 1.54. The van der Waals surface area contributed by atoms with Crippen LogP contribution in [-0.2, 0) is 12.8 Å². The Balaban J connectivity index is 2.02. The maximum Gasteiger partial charge on any atom is 0.118 e. The van der Waals surface area contributed by atoms with Gasteiger partial charge in [-0.05, 0) is 35.6 Å². The summed E-state index contributed by atoms with van der Waals surface area (Å²) < 4.78 is 0. The fourth-order valence-corrected chi connectivity index (χ4v) is 1.81. The Labute approximate surface area is 105 Å². The zero-order valence-corrected chi connectivity index (χ0v) is 9.80. The van der Waals surface area contributed by atoms with E-state index in [9.17, 15) is 15.0 Å². The highest BCUT2D eigenvalue weighted by Crippen LogP contribution is 2.18. The fourth-order valence-electron chi connectivity index (χ4n) is 1.81. The lowest BCUT2D eigenvalue weighted by Gasteiger charge is -2.06. The molecule has 0 aliphatic heterocycles. The van der Waals surface area contributed by atoms with Gasteiger partial charge in [-0.2, -0.15) is 0 Å². The average molecular weight is 241 g/mol. The molecular formula is C15H13O3-. The van der Waals surface area contributed by atoms with Crippen molar-refractivity contribution >= 4 is 5.97 Å². The normalized spacial score (nSPS) is 10.2. The van der Waals surface area contributed by atoms with Gasteiger partial charge in [0.2, 0.25) is 0 Å². The number of phenolic OH excluding ortho intramolecular Hbond substituents is 1. The van der Waals surface area contributed by atoms with E-state index in [2.05, 4.69) is 0 Å². The summed E-state index contributed by atoms with van der Waals surface area (Å²) in [4.78, 5) is 10.6. The minimum Gasteiger partial charge on any atom is -0.545 e. The molecule has 0 aliphatic rings. The number of aromatic carboxylic acids is 1. The summed E-state index contributed by atoms with van der Waals surface area (Å²) in [6, 6.07) is 13.8. The molecule has 0 spiro atoms. The van der Waals surface area contributed by atoms with Crippen LogP contribution in [0.2, 0.25) is 0 Å². The van der Waals surface area contributed by atoms with Crippen LogP contribution in [0.15, 0.2) is 48.5 Å². The van der Waals surface area contributed by atoms with E-state index in [-0.39, 0.29) is 5.56 Å². The quantitative estimate of drug-likeness (QED) is 0.883. The van der Waals surface area contributed by atoms with Gasteiger partial charge in [-0.15, -0.1) is 0 Å². The van der Waals surface area contributed by atoms with E-state index in [0.29, 0.717) is 5.75 Å². The van der Waals surface area contributed by atoms with E-state index in [4.69, 9.17) is 0 Å². The zero-order chi connectivity index (χ0) is 13.0. The molecule has 2 rings (SSSR count). The van der Waals surface area contributed by atoms with E-state index < -0.39 is 5.97 Å². The largest absolute Gasteiger partial charge is 0.545 e. The highest BCUT2D eigenvalue weighted by atomic mass is 16.4. The Morgan fingerprint density at radius 3 is 2.28 bits per heavy atom. The lowest BCUT2D eigenvalue weighted by molar-refractivity contribution is -0.255. The maximum atomic E-state index is 10.6. The lowest BCUT2D eigenvalue weighted by Crippen LogP contribution is -2.21. The van der Waals surface area contributed by atoms with Gasteiger partial charge < -0.3 is 15.0 Å². The second-order valence-corrected chi connectivity index (χ2v) is 4.11. The first kappa shape index (κ1) is 12.2. The predicted molar refractivity (Wildman–Crippen MR) is 66.3 cm³/mol. The lowest BCUT2D eigenvalue weighted by atomic mass is 10.0. The third-order valence-electron chi connectivity index (χ3n) is 2.86. The third-order valence-corrected chi connectivity index (χ3v) is 2.86. The molecule has 0 unspecified atom stereocenters. The topological polar surface area (TPSA) is 60.4 Å². The third kappa shape index (κ3) is 2.88. The van der Waals surface area contributed by atoms with Gasteiger partial charge >= 0.3 is 0 Å². The van der Waals surface area contributed by atoms with Crippen LogP contribution in [0.4, 0.5) is 0 Å². The smallest absolute Gasteiger partial charge is 0.118 e. The fraction of sp³-hybridized carbons (Fsp3) is 0.133. The van der Waals surface area contributed by atoms with Gasteiger partial charge in [0.25, 0.3) is 0 Å². The first-order valence-corrected chi connectivity index (χ1v) is 5.74. The molecule has 0 radical (unpaired) electrons. The van der Waals surface area contributed by atoms with Crippen molar-refractivity contribution in [1.29, 1.82) is 0 Å². The summed E-state index contributed by atoms with van der Waals surface area (Å²) in [6.45, 7) is 0. The first-order chi connectivity index (χ1) is 8.66. The number of carboxylic acids is 1. The van der Waals surface area contributed by atoms with E-state index in [1.807, 2.05) is 12.1 Å². The van der Waals surface area contributed by atoms with Gasteiger partial charge in [0.1, 0.15) is 5.75 Å². The molecule has 92 valence electrons. The number of benzene rings is 2. The molecule has 0 saturated carbocycles. The summed E-state index contributed by atoms with van der Waals surface area (Å²) >= 11 is 0. The molecule has 0 amide bonds. The maximum absolute atomic E-state index is 10.6. The number of hydrogen-bond acceptors (Lipinski definition) is 3. The van der Waals surface area contributed by atoms with Crippen molar-refractivity contribution in [3.05, 3.63) is 65.2 Å². The minimum absolute atomic E-state index is 0.182. The van der Waals surface area contributed by atoms with Crippen molar-refractivity contribution in [2.75, 3.05) is 0 Å². The van der Waals surface area contributed by atoms with E-state index in [1.165, 1.54) is 12.1 Å². The van der Waals surface area contributed by atoms with Crippen molar-refractivity contribution in [1.82, 2.24) is 0 Å². The standard InChI is InChI=1S/C15H14O3/c16-14-4-2-1-3-12(14)8-5-11-6-9-13(10-7-11)15(17)18/h1-4,6-7,9-10,16H,5,8H2,(H,17,18)/p-1. The molecule has 2 aromatic carbocycles. The minimum atomic E-state index is -1.16. The molecule has 0 fully saturated rings. The number of hydrogen-bond donors (Lipinski definition) is 1. The molecule has 0 saturated heterocycles. The van der Waals surface area contributed by atoms with Crippen LogP contribution in [0, 0.1) is 0 Å². The summed E-state index contributed by atoms with van der Waals surface area (Å²) in [5.41, 5.74) is 2.10. The van der Waals surface area contributed by atoms with E-state index in [1.54, 1.807) is 24.3 Å². The van der Waals surface area contributed by atoms with E-state index in [0.717, 1.165) is 24.0 Å². The number of aromatic hydroxyl groups is 1. The summed E-state index contributed by atoms with van der Waals surface area (Å²) in [6.07, 6.45) is 1.47. The number of aryl methyl sites for hydroxylation is 2. The van der Waals surface area contributed by atoms with Crippen LogP contribution in [0.1, 0.15) is 21.5 Å². The van der Waals surface area contributed by atoms with Crippen LogP contribution in [0.5, 0.6) is 5.75 Å². The zero-order valence-electron chi connectivity index (χ0n) is 9.80. The Morgan fingerprint density at radius 1 is 1.00 bits per heavy atom. The Morgan fingerprint density at radius 2 is 1.67 bits per heavy atom. The molecule has 0 bridgehead atoms. The summed E-state index contributed by atoms with van der Waals surface area (Å²) in [5, 5.41) is 20.2. The Hall–Kier alpha value is -2.29. The number of carbonyl (C=O) groups is 1.